The van der Waals surface area contributed by atoms with Crippen LogP contribution in [0.4, 0.5) is 5.82 Å². The molecule has 2 aromatic heterocycles. The highest BCUT2D eigenvalue weighted by Crippen LogP contribution is 2.18. The van der Waals surface area contributed by atoms with Gasteiger partial charge in [-0.05, 0) is 15.9 Å². The summed E-state index contributed by atoms with van der Waals surface area (Å²) in [7, 11) is 1.74. The van der Waals surface area contributed by atoms with Crippen LogP contribution in [0.1, 0.15) is 0 Å². The zero-order valence-corrected chi connectivity index (χ0v) is 8.29. The number of nitrogens with zero attached hydrogens (tertiary/aromatic N) is 3. The smallest absolute Gasteiger partial charge is 0.348 e. The maximum absolute atomic E-state index is 11.0. The number of aromatic amines is 1. The second-order valence-corrected chi connectivity index (χ2v) is 3.28. The Labute approximate surface area is 80.9 Å². The molecule has 0 atom stereocenters. The molecule has 2 aromatic rings. The number of nitrogens with two attached hydrogens (primary N) is 1. The first-order chi connectivity index (χ1) is 6.09. The number of aryl methyl sites for hydroxylation is 1. The molecule has 0 amide bonds. The summed E-state index contributed by atoms with van der Waals surface area (Å²) in [5.41, 5.74) is 6.04. The first-order valence-corrected chi connectivity index (χ1v) is 4.26. The number of anilines is 1. The first kappa shape index (κ1) is 8.24. The van der Waals surface area contributed by atoms with Crippen LogP contribution in [-0.2, 0) is 7.05 Å². The van der Waals surface area contributed by atoms with Crippen molar-refractivity contribution >= 4 is 32.9 Å². The van der Waals surface area contributed by atoms with E-state index < -0.39 is 5.69 Å². The van der Waals surface area contributed by atoms with Gasteiger partial charge in [0.15, 0.2) is 10.4 Å². The van der Waals surface area contributed by atoms with Crippen molar-refractivity contribution in [3.8, 4) is 0 Å². The normalized spacial score (nSPS) is 10.9. The Bertz CT molecular complexity index is 528. The predicted octanol–water partition coefficient (Wildman–Crippen LogP) is 0.00130. The maximum Gasteiger partial charge on any atom is 0.348 e. The molecule has 2 heterocycles. The fraction of sp³-hybridized carbons (Fsp3) is 0.167. The molecule has 3 N–H and O–H groups in total. The summed E-state index contributed by atoms with van der Waals surface area (Å²) < 4.78 is 2.22. The topological polar surface area (TPSA) is 89.6 Å². The van der Waals surface area contributed by atoms with Gasteiger partial charge < -0.3 is 10.3 Å². The number of imidazole rings is 1. The lowest BCUT2D eigenvalue weighted by molar-refractivity contribution is 0.891. The number of hydrogen-bond donors (Lipinski definition) is 2. The van der Waals surface area contributed by atoms with E-state index in [1.807, 2.05) is 0 Å². The third kappa shape index (κ3) is 1.12. The number of H-pyrrole nitrogens is 1. The minimum Gasteiger partial charge on any atom is -0.383 e. The summed E-state index contributed by atoms with van der Waals surface area (Å²) in [6, 6.07) is 0. The minimum atomic E-state index is -0.472. The Kier molecular flexibility index (Phi) is 1.62. The minimum absolute atomic E-state index is 0.233. The van der Waals surface area contributed by atoms with Gasteiger partial charge >= 0.3 is 5.69 Å². The van der Waals surface area contributed by atoms with Crippen LogP contribution in [0.15, 0.2) is 9.53 Å². The average Bonchev–Trinajstić information content (AvgIpc) is 2.32. The van der Waals surface area contributed by atoms with E-state index in [0.29, 0.717) is 15.9 Å². The summed E-state index contributed by atoms with van der Waals surface area (Å²) in [5, 5.41) is 0. The molecule has 7 heteroatoms. The zero-order valence-electron chi connectivity index (χ0n) is 6.71. The molecule has 0 aliphatic heterocycles. The van der Waals surface area contributed by atoms with Crippen molar-refractivity contribution in [2.75, 3.05) is 5.73 Å². The molecule has 13 heavy (non-hydrogen) atoms. The monoisotopic (exact) mass is 243 g/mol. The summed E-state index contributed by atoms with van der Waals surface area (Å²) in [6.07, 6.45) is 0. The summed E-state index contributed by atoms with van der Waals surface area (Å²) in [6.45, 7) is 0. The van der Waals surface area contributed by atoms with Gasteiger partial charge in [-0.15, -0.1) is 0 Å². The molecule has 0 unspecified atom stereocenters. The lowest BCUT2D eigenvalue weighted by atomic mass is 10.5. The molecule has 0 bridgehead atoms. The highest BCUT2D eigenvalue weighted by molar-refractivity contribution is 9.10. The third-order valence-electron chi connectivity index (χ3n) is 1.71. The lowest BCUT2D eigenvalue weighted by Gasteiger charge is -1.94. The van der Waals surface area contributed by atoms with Crippen LogP contribution in [0.5, 0.6) is 0 Å². The van der Waals surface area contributed by atoms with E-state index in [9.17, 15) is 4.79 Å². The maximum atomic E-state index is 11.0. The molecule has 6 nitrogen and oxygen atoms in total. The third-order valence-corrected chi connectivity index (χ3v) is 2.42. The molecule has 0 aliphatic carbocycles. The molecule has 2 rings (SSSR count). The quantitative estimate of drug-likeness (QED) is 0.638. The molecule has 0 aromatic carbocycles. The zero-order chi connectivity index (χ0) is 9.59. The van der Waals surface area contributed by atoms with Crippen LogP contribution in [0.2, 0.25) is 0 Å². The second kappa shape index (κ2) is 2.56. The van der Waals surface area contributed by atoms with Crippen molar-refractivity contribution < 1.29 is 0 Å². The van der Waals surface area contributed by atoms with Crippen molar-refractivity contribution in [1.29, 1.82) is 0 Å². The largest absolute Gasteiger partial charge is 0.383 e. The summed E-state index contributed by atoms with van der Waals surface area (Å²) in [4.78, 5) is 21.1. The molecule has 68 valence electrons. The van der Waals surface area contributed by atoms with Gasteiger partial charge in [0.2, 0.25) is 0 Å². The Morgan fingerprint density at radius 1 is 1.54 bits per heavy atom. The van der Waals surface area contributed by atoms with E-state index in [-0.39, 0.29) is 5.82 Å². The van der Waals surface area contributed by atoms with Gasteiger partial charge in [-0.25, -0.2) is 9.78 Å². The van der Waals surface area contributed by atoms with Crippen molar-refractivity contribution in [2.24, 2.45) is 7.05 Å². The van der Waals surface area contributed by atoms with Crippen LogP contribution in [0.25, 0.3) is 11.2 Å². The number of nitrogens with one attached hydrogen (secondary N) is 1. The van der Waals surface area contributed by atoms with Crippen molar-refractivity contribution in [1.82, 2.24) is 19.5 Å². The van der Waals surface area contributed by atoms with Crippen LogP contribution in [-0.4, -0.2) is 19.5 Å². The first-order valence-electron chi connectivity index (χ1n) is 3.47. The summed E-state index contributed by atoms with van der Waals surface area (Å²) in [5.74, 6) is 0.233. The van der Waals surface area contributed by atoms with Gasteiger partial charge in [0.1, 0.15) is 11.3 Å². The van der Waals surface area contributed by atoms with E-state index in [0.717, 1.165) is 0 Å². The van der Waals surface area contributed by atoms with Crippen LogP contribution < -0.4 is 11.4 Å². The van der Waals surface area contributed by atoms with E-state index in [1.165, 1.54) is 0 Å². The number of fused-ring (bicyclic) bond motifs is 1. The molecule has 0 radical (unpaired) electrons. The lowest BCUT2D eigenvalue weighted by Crippen LogP contribution is -2.13. The van der Waals surface area contributed by atoms with E-state index >= 15 is 0 Å². The second-order valence-electron chi connectivity index (χ2n) is 2.57. The highest BCUT2D eigenvalue weighted by Gasteiger charge is 2.10. The van der Waals surface area contributed by atoms with Crippen LogP contribution in [0, 0.1) is 0 Å². The van der Waals surface area contributed by atoms with Crippen molar-refractivity contribution in [3.05, 3.63) is 15.2 Å². The average molecular weight is 244 g/mol. The molecule has 0 saturated heterocycles. The number of rotatable bonds is 0. The van der Waals surface area contributed by atoms with Gasteiger partial charge in [0.25, 0.3) is 0 Å². The van der Waals surface area contributed by atoms with Crippen molar-refractivity contribution in [3.63, 3.8) is 0 Å². The van der Waals surface area contributed by atoms with Crippen LogP contribution in [0.3, 0.4) is 0 Å². The molecular formula is C6H6BrN5O. The molecular weight excluding hydrogens is 238 g/mol. The Balaban J connectivity index is 3.03. The molecule has 0 saturated carbocycles. The van der Waals surface area contributed by atoms with Gasteiger partial charge in [-0.2, -0.15) is 4.98 Å². The number of halogens is 1. The summed E-state index contributed by atoms with van der Waals surface area (Å²) >= 11 is 3.21. The predicted molar refractivity (Wildman–Crippen MR) is 51.2 cm³/mol. The fourth-order valence-electron chi connectivity index (χ4n) is 1.07. The van der Waals surface area contributed by atoms with Crippen LogP contribution >= 0.6 is 15.9 Å². The highest BCUT2D eigenvalue weighted by atomic mass is 79.9. The Morgan fingerprint density at radius 2 is 2.23 bits per heavy atom. The van der Waals surface area contributed by atoms with Gasteiger partial charge in [0, 0.05) is 7.05 Å². The fourth-order valence-corrected chi connectivity index (χ4v) is 1.42. The van der Waals surface area contributed by atoms with E-state index in [4.69, 9.17) is 5.73 Å². The molecule has 0 fully saturated rings. The number of hydrogen-bond acceptors (Lipinski definition) is 4. The van der Waals surface area contributed by atoms with E-state index in [2.05, 4.69) is 30.9 Å². The van der Waals surface area contributed by atoms with Gasteiger partial charge in [0.05, 0.1) is 0 Å². The number of aromatic nitrogens is 4. The Morgan fingerprint density at radius 3 is 2.92 bits per heavy atom. The SMILES string of the molecule is Cn1c(Br)nc2c(N)[nH]c(=O)nc21. The molecule has 0 spiro atoms. The van der Waals surface area contributed by atoms with Gasteiger partial charge in [-0.1, -0.05) is 0 Å². The van der Waals surface area contributed by atoms with E-state index in [1.54, 1.807) is 11.6 Å². The molecule has 0 aliphatic rings. The number of nitrogen functional groups attached to an aromatic ring is 1. The standard InChI is InChI=1S/C6H6BrN5O/c1-12-4-2(9-5(12)7)3(8)10-6(13)11-4/h1H3,(H3,8,10,11,13). The van der Waals surface area contributed by atoms with Gasteiger partial charge in [-0.3, -0.25) is 4.98 Å². The Hall–Kier alpha value is -1.37. The van der Waals surface area contributed by atoms with Crippen molar-refractivity contribution in [2.45, 2.75) is 0 Å².